The van der Waals surface area contributed by atoms with Crippen LogP contribution in [0.5, 0.6) is 5.75 Å². The van der Waals surface area contributed by atoms with Crippen LogP contribution in [0, 0.1) is 20.8 Å². The van der Waals surface area contributed by atoms with Gasteiger partial charge >= 0.3 is 0 Å². The Bertz CT molecular complexity index is 1480. The summed E-state index contributed by atoms with van der Waals surface area (Å²) in [5.41, 5.74) is 2.56. The van der Waals surface area contributed by atoms with Crippen molar-refractivity contribution in [3.05, 3.63) is 94.2 Å². The molecule has 2 heterocycles. The van der Waals surface area contributed by atoms with E-state index in [0.717, 1.165) is 5.56 Å². The van der Waals surface area contributed by atoms with Crippen molar-refractivity contribution in [2.24, 2.45) is 0 Å². The second-order valence-corrected chi connectivity index (χ2v) is 10.1. The van der Waals surface area contributed by atoms with Gasteiger partial charge < -0.3 is 14.5 Å². The molecule has 2 N–H and O–H groups in total. The zero-order valence-electron chi connectivity index (χ0n) is 19.7. The number of nitrogens with zero attached hydrogens (tertiary/aromatic N) is 2. The fourth-order valence-electron chi connectivity index (χ4n) is 3.38. The van der Waals surface area contributed by atoms with E-state index in [1.807, 2.05) is 19.1 Å². The van der Waals surface area contributed by atoms with Gasteiger partial charge in [-0.15, -0.1) is 0 Å². The van der Waals surface area contributed by atoms with E-state index in [-0.39, 0.29) is 23.2 Å². The number of amides is 1. The number of aromatic nitrogens is 2. The van der Waals surface area contributed by atoms with Gasteiger partial charge in [0, 0.05) is 17.1 Å². The number of aryl methyl sites for hydroxylation is 3. The van der Waals surface area contributed by atoms with Crippen molar-refractivity contribution in [2.75, 3.05) is 10.0 Å². The van der Waals surface area contributed by atoms with Crippen molar-refractivity contribution in [1.82, 2.24) is 9.97 Å². The van der Waals surface area contributed by atoms with Gasteiger partial charge in [-0.2, -0.15) is 0 Å². The van der Waals surface area contributed by atoms with Gasteiger partial charge in [0.25, 0.3) is 15.9 Å². The summed E-state index contributed by atoms with van der Waals surface area (Å²) in [7, 11) is -3.91. The van der Waals surface area contributed by atoms with E-state index >= 15 is 0 Å². The molecular formula is C25H23ClN4O5S. The smallest absolute Gasteiger partial charge is 0.291 e. The summed E-state index contributed by atoms with van der Waals surface area (Å²) in [6.07, 6.45) is 0. The van der Waals surface area contributed by atoms with Gasteiger partial charge in [0.05, 0.1) is 9.92 Å². The molecule has 0 bridgehead atoms. The van der Waals surface area contributed by atoms with Crippen LogP contribution in [-0.4, -0.2) is 24.3 Å². The maximum atomic E-state index is 12.7. The maximum Gasteiger partial charge on any atom is 0.291 e. The van der Waals surface area contributed by atoms with Crippen molar-refractivity contribution < 1.29 is 22.4 Å². The van der Waals surface area contributed by atoms with Crippen molar-refractivity contribution >= 4 is 39.2 Å². The number of furan rings is 1. The number of halogens is 1. The zero-order valence-corrected chi connectivity index (χ0v) is 21.3. The monoisotopic (exact) mass is 526 g/mol. The van der Waals surface area contributed by atoms with Crippen molar-refractivity contribution in [3.63, 3.8) is 0 Å². The highest BCUT2D eigenvalue weighted by atomic mass is 35.5. The molecule has 4 rings (SSSR count). The number of carbonyl (C=O) groups is 1. The van der Waals surface area contributed by atoms with Crippen LogP contribution in [0.3, 0.4) is 0 Å². The first-order chi connectivity index (χ1) is 17.1. The van der Waals surface area contributed by atoms with E-state index in [1.165, 1.54) is 30.3 Å². The third-order valence-electron chi connectivity index (χ3n) is 5.04. The minimum Gasteiger partial charge on any atom is -0.484 e. The Kier molecular flexibility index (Phi) is 7.27. The summed E-state index contributed by atoms with van der Waals surface area (Å²) in [6, 6.07) is 16.0. The standard InChI is InChI=1S/C25H23ClN4O5S/c1-15-5-4-6-21(26)23(15)34-14-19-9-12-22(35-19)24(31)29-18-7-10-20(11-8-18)36(32,33)30-25-27-16(2)13-17(3)28-25/h4-13H,14H2,1-3H3,(H,29,31)(H,27,28,30). The van der Waals surface area contributed by atoms with Crippen LogP contribution in [0.25, 0.3) is 0 Å². The molecule has 0 unspecified atom stereocenters. The van der Waals surface area contributed by atoms with E-state index in [0.29, 0.717) is 33.6 Å². The summed E-state index contributed by atoms with van der Waals surface area (Å²) < 4.78 is 39.0. The number of hydrogen-bond acceptors (Lipinski definition) is 7. The van der Waals surface area contributed by atoms with E-state index in [4.69, 9.17) is 20.8 Å². The summed E-state index contributed by atoms with van der Waals surface area (Å²) >= 11 is 6.17. The molecule has 11 heteroatoms. The Labute approximate surface area is 213 Å². The molecule has 9 nitrogen and oxygen atoms in total. The first-order valence-electron chi connectivity index (χ1n) is 10.8. The lowest BCUT2D eigenvalue weighted by molar-refractivity contribution is 0.0992. The molecule has 186 valence electrons. The van der Waals surface area contributed by atoms with Gasteiger partial charge in [0.2, 0.25) is 5.95 Å². The van der Waals surface area contributed by atoms with Crippen molar-refractivity contribution in [3.8, 4) is 5.75 Å². The van der Waals surface area contributed by atoms with Crippen molar-refractivity contribution in [1.29, 1.82) is 0 Å². The van der Waals surface area contributed by atoms with E-state index < -0.39 is 15.9 Å². The highest BCUT2D eigenvalue weighted by molar-refractivity contribution is 7.92. The summed E-state index contributed by atoms with van der Waals surface area (Å²) in [5.74, 6) is 0.574. The predicted octanol–water partition coefficient (Wildman–Crippen LogP) is 5.28. The highest BCUT2D eigenvalue weighted by Gasteiger charge is 2.17. The Morgan fingerprint density at radius 2 is 1.69 bits per heavy atom. The first kappa shape index (κ1) is 25.2. The van der Waals surface area contributed by atoms with E-state index in [9.17, 15) is 13.2 Å². The number of rotatable bonds is 8. The van der Waals surface area contributed by atoms with Gasteiger partial charge in [-0.3, -0.25) is 4.79 Å². The van der Waals surface area contributed by atoms with Crippen LogP contribution in [0.15, 0.2) is 70.0 Å². The number of anilines is 2. The number of sulfonamides is 1. The topological polar surface area (TPSA) is 123 Å². The third kappa shape index (κ3) is 6.02. The highest BCUT2D eigenvalue weighted by Crippen LogP contribution is 2.29. The molecular weight excluding hydrogens is 504 g/mol. The summed E-state index contributed by atoms with van der Waals surface area (Å²) in [4.78, 5) is 20.8. The van der Waals surface area contributed by atoms with Gasteiger partial charge in [-0.05, 0) is 74.9 Å². The Balaban J connectivity index is 1.38. The number of carbonyl (C=O) groups excluding carboxylic acids is 1. The second kappa shape index (κ2) is 10.4. The van der Waals surface area contributed by atoms with Crippen LogP contribution in [0.4, 0.5) is 11.6 Å². The molecule has 0 atom stereocenters. The Hall–Kier alpha value is -3.89. The predicted molar refractivity (Wildman–Crippen MR) is 136 cm³/mol. The quantitative estimate of drug-likeness (QED) is 0.320. The van der Waals surface area contributed by atoms with Gasteiger partial charge in [0.15, 0.2) is 5.76 Å². The number of nitrogens with one attached hydrogen (secondary N) is 2. The zero-order chi connectivity index (χ0) is 25.9. The Morgan fingerprint density at radius 1 is 1.00 bits per heavy atom. The maximum absolute atomic E-state index is 12.7. The largest absolute Gasteiger partial charge is 0.484 e. The van der Waals surface area contributed by atoms with Crippen molar-refractivity contribution in [2.45, 2.75) is 32.3 Å². The minimum atomic E-state index is -3.91. The van der Waals surface area contributed by atoms with Gasteiger partial charge in [-0.1, -0.05) is 23.7 Å². The molecule has 4 aromatic rings. The van der Waals surface area contributed by atoms with Crippen LogP contribution < -0.4 is 14.8 Å². The summed E-state index contributed by atoms with van der Waals surface area (Å²) in [5, 5.41) is 3.16. The SMILES string of the molecule is Cc1cc(C)nc(NS(=O)(=O)c2ccc(NC(=O)c3ccc(COc4c(C)cccc4Cl)o3)cc2)n1. The van der Waals surface area contributed by atoms with Crippen LogP contribution in [0.1, 0.15) is 33.3 Å². The molecule has 0 spiro atoms. The number of hydrogen-bond donors (Lipinski definition) is 2. The average molecular weight is 527 g/mol. The van der Waals surface area contributed by atoms with E-state index in [1.54, 1.807) is 32.0 Å². The Morgan fingerprint density at radius 3 is 2.36 bits per heavy atom. The third-order valence-corrected chi connectivity index (χ3v) is 6.68. The lowest BCUT2D eigenvalue weighted by atomic mass is 10.2. The van der Waals surface area contributed by atoms with Crippen LogP contribution in [-0.2, 0) is 16.6 Å². The number of para-hydroxylation sites is 1. The lowest BCUT2D eigenvalue weighted by Crippen LogP contribution is -2.16. The molecule has 0 saturated carbocycles. The average Bonchev–Trinajstić information content (AvgIpc) is 3.27. The molecule has 0 fully saturated rings. The molecule has 1 amide bonds. The molecule has 0 aliphatic carbocycles. The van der Waals surface area contributed by atoms with Crippen LogP contribution in [0.2, 0.25) is 5.02 Å². The lowest BCUT2D eigenvalue weighted by Gasteiger charge is -2.09. The number of ether oxygens (including phenoxy) is 1. The fraction of sp³-hybridized carbons (Fsp3) is 0.160. The minimum absolute atomic E-state index is 0.00411. The molecule has 0 radical (unpaired) electrons. The van der Waals surface area contributed by atoms with Crippen LogP contribution >= 0.6 is 11.6 Å². The fourth-order valence-corrected chi connectivity index (χ4v) is 4.60. The molecule has 2 aromatic heterocycles. The van der Waals surface area contributed by atoms with Gasteiger partial charge in [0.1, 0.15) is 18.1 Å². The molecule has 0 aliphatic rings. The molecule has 2 aromatic carbocycles. The molecule has 36 heavy (non-hydrogen) atoms. The second-order valence-electron chi connectivity index (χ2n) is 8.00. The number of benzene rings is 2. The normalized spacial score (nSPS) is 11.2. The summed E-state index contributed by atoms with van der Waals surface area (Å²) in [6.45, 7) is 5.48. The van der Waals surface area contributed by atoms with E-state index in [2.05, 4.69) is 20.0 Å². The van der Waals surface area contributed by atoms with Gasteiger partial charge in [-0.25, -0.2) is 23.1 Å². The molecule has 0 saturated heterocycles. The molecule has 0 aliphatic heterocycles. The first-order valence-corrected chi connectivity index (χ1v) is 12.7.